The fourth-order valence-corrected chi connectivity index (χ4v) is 8.05. The first kappa shape index (κ1) is 20.3. The van der Waals surface area contributed by atoms with E-state index in [0.717, 1.165) is 54.8 Å². The summed E-state index contributed by atoms with van der Waals surface area (Å²) < 4.78 is 122. The van der Waals surface area contributed by atoms with Gasteiger partial charge in [-0.3, -0.25) is 0 Å². The Kier molecular flexibility index (Phi) is 4.64. The Hall–Kier alpha value is -6.96. The van der Waals surface area contributed by atoms with Crippen LogP contribution in [-0.2, 0) is 6.42 Å². The largest absolute Gasteiger partial charge is 0.456 e. The molecule has 0 saturated heterocycles. The quantitative estimate of drug-likeness (QED) is 0.163. The van der Waals surface area contributed by atoms with Crippen LogP contribution in [-0.4, -0.2) is 0 Å². The number of fused-ring (bicyclic) bond motifs is 7. The zero-order valence-corrected chi connectivity index (χ0v) is 28.6. The molecule has 1 nitrogen and oxygen atoms in total. The standard InChI is InChI=1S/C53H34O/c1-2-13-34(14-3-1)31-50-43-20-8-10-22-47(43)53(48-23-11-9-21-44(48)50)49-30-29-40(41-18-6-7-19-42(41)49)37-26-28-46-45-27-25-36(32-51(45)54-52(46)33-37)39-24-12-16-35-15-4-5-17-38(35)39/h1-30,32-33H,31H2/i1D,2D,3D,8D,9D,10D,11D,13D,14D,20D,21D,22D,23D. The van der Waals surface area contributed by atoms with Crippen molar-refractivity contribution in [1.29, 1.82) is 0 Å². The molecule has 11 rings (SSSR count). The Morgan fingerprint density at radius 1 is 0.389 bits per heavy atom. The maximum absolute atomic E-state index is 9.42. The third kappa shape index (κ3) is 4.86. The molecule has 0 N–H and O–H groups in total. The summed E-state index contributed by atoms with van der Waals surface area (Å²) in [6.45, 7) is 0. The third-order valence-corrected chi connectivity index (χ3v) is 10.5. The summed E-state index contributed by atoms with van der Waals surface area (Å²) >= 11 is 0. The van der Waals surface area contributed by atoms with Crippen LogP contribution in [0.3, 0.4) is 0 Å². The van der Waals surface area contributed by atoms with E-state index in [4.69, 9.17) is 16.8 Å². The summed E-state index contributed by atoms with van der Waals surface area (Å²) in [5, 5.41) is 5.34. The molecule has 0 amide bonds. The predicted molar refractivity (Wildman–Crippen MR) is 229 cm³/mol. The predicted octanol–water partition coefficient (Wildman–Crippen LogP) is 14.8. The Labute approximate surface area is 331 Å². The summed E-state index contributed by atoms with van der Waals surface area (Å²) in [7, 11) is 0. The molecule has 0 bridgehead atoms. The van der Waals surface area contributed by atoms with Crippen LogP contribution in [0.4, 0.5) is 0 Å². The first-order valence-electron chi connectivity index (χ1n) is 24.2. The van der Waals surface area contributed by atoms with Gasteiger partial charge in [0.25, 0.3) is 0 Å². The van der Waals surface area contributed by atoms with Gasteiger partial charge in [0, 0.05) is 10.8 Å². The molecule has 252 valence electrons. The number of rotatable bonds is 5. The lowest BCUT2D eigenvalue weighted by Crippen LogP contribution is -1.96. The van der Waals surface area contributed by atoms with Gasteiger partial charge in [-0.25, -0.2) is 0 Å². The molecular formula is C53H34O. The second-order valence-electron chi connectivity index (χ2n) is 13.4. The SMILES string of the molecule is [2H]c1c([2H])c([2H])c(Cc2c3c([2H])c([2H])c([2H])c([2H])c3c(-c3ccc(-c4ccc5c(c4)oc4cc(-c6cccc7ccccc67)ccc45)c4ccccc34)c3c([2H])c([2H])c([2H])c([2H])c23)c([2H])c1[2H]. The molecule has 0 saturated carbocycles. The van der Waals surface area contributed by atoms with E-state index in [0.29, 0.717) is 16.5 Å². The van der Waals surface area contributed by atoms with Crippen molar-refractivity contribution in [2.24, 2.45) is 0 Å². The molecule has 0 atom stereocenters. The maximum atomic E-state index is 9.42. The molecule has 0 aliphatic rings. The lowest BCUT2D eigenvalue weighted by Gasteiger charge is -2.19. The third-order valence-electron chi connectivity index (χ3n) is 10.5. The molecule has 0 unspecified atom stereocenters. The van der Waals surface area contributed by atoms with E-state index in [1.807, 2.05) is 66.7 Å². The number of furan rings is 1. The number of hydrogen-bond acceptors (Lipinski definition) is 1. The normalized spacial score (nSPS) is 15.1. The molecule has 1 aromatic heterocycles. The monoisotopic (exact) mass is 699 g/mol. The van der Waals surface area contributed by atoms with Crippen molar-refractivity contribution in [3.05, 3.63) is 205 Å². The molecule has 1 heterocycles. The van der Waals surface area contributed by atoms with E-state index in [1.54, 1.807) is 6.07 Å². The van der Waals surface area contributed by atoms with E-state index in [9.17, 15) is 5.48 Å². The van der Waals surface area contributed by atoms with Crippen LogP contribution < -0.4 is 0 Å². The molecule has 0 radical (unpaired) electrons. The molecule has 0 aliphatic heterocycles. The van der Waals surface area contributed by atoms with Crippen LogP contribution >= 0.6 is 0 Å². The molecule has 0 fully saturated rings. The first-order valence-corrected chi connectivity index (χ1v) is 17.7. The van der Waals surface area contributed by atoms with E-state index in [1.165, 1.54) is 0 Å². The highest BCUT2D eigenvalue weighted by atomic mass is 16.3. The highest BCUT2D eigenvalue weighted by Gasteiger charge is 2.19. The summed E-state index contributed by atoms with van der Waals surface area (Å²) in [6.07, 6.45) is -0.498. The van der Waals surface area contributed by atoms with E-state index < -0.39 is 85.0 Å². The van der Waals surface area contributed by atoms with E-state index >= 15 is 0 Å². The topological polar surface area (TPSA) is 13.1 Å². The molecule has 0 spiro atoms. The highest BCUT2D eigenvalue weighted by molar-refractivity contribution is 6.20. The Morgan fingerprint density at radius 3 is 1.57 bits per heavy atom. The van der Waals surface area contributed by atoms with Gasteiger partial charge in [0.2, 0.25) is 0 Å². The Morgan fingerprint density at radius 2 is 0.907 bits per heavy atom. The van der Waals surface area contributed by atoms with Crippen molar-refractivity contribution in [2.75, 3.05) is 0 Å². The average molecular weight is 700 g/mol. The van der Waals surface area contributed by atoms with Gasteiger partial charge in [-0.05, 0) is 118 Å². The van der Waals surface area contributed by atoms with Crippen LogP contribution in [0.25, 0.3) is 98.4 Å². The zero-order chi connectivity index (χ0) is 46.9. The smallest absolute Gasteiger partial charge is 0.136 e. The average Bonchev–Trinajstić information content (AvgIpc) is 3.72. The minimum atomic E-state index is -0.619. The van der Waals surface area contributed by atoms with Gasteiger partial charge in [0.1, 0.15) is 11.2 Å². The van der Waals surface area contributed by atoms with Crippen LogP contribution in [0.15, 0.2) is 198 Å². The lowest BCUT2D eigenvalue weighted by molar-refractivity contribution is 0.669. The lowest BCUT2D eigenvalue weighted by atomic mass is 9.84. The minimum absolute atomic E-state index is 0.0180. The fraction of sp³-hybridized carbons (Fsp3) is 0.0189. The van der Waals surface area contributed by atoms with Crippen molar-refractivity contribution in [1.82, 2.24) is 0 Å². The van der Waals surface area contributed by atoms with Gasteiger partial charge in [-0.15, -0.1) is 0 Å². The fourth-order valence-electron chi connectivity index (χ4n) is 8.05. The van der Waals surface area contributed by atoms with Gasteiger partial charge >= 0.3 is 0 Å². The Balaban J connectivity index is 1.16. The van der Waals surface area contributed by atoms with Crippen molar-refractivity contribution in [2.45, 2.75) is 6.42 Å². The minimum Gasteiger partial charge on any atom is -0.456 e. The molecule has 0 aliphatic carbocycles. The van der Waals surface area contributed by atoms with E-state index in [-0.39, 0.29) is 38.2 Å². The van der Waals surface area contributed by atoms with Crippen molar-refractivity contribution >= 4 is 65.0 Å². The van der Waals surface area contributed by atoms with Crippen molar-refractivity contribution in [3.63, 3.8) is 0 Å². The maximum Gasteiger partial charge on any atom is 0.136 e. The molecule has 1 heteroatoms. The summed E-state index contributed by atoms with van der Waals surface area (Å²) in [5.74, 6) is 0. The summed E-state index contributed by atoms with van der Waals surface area (Å²) in [4.78, 5) is 0. The van der Waals surface area contributed by atoms with Gasteiger partial charge < -0.3 is 4.42 Å². The molecular weight excluding hydrogens is 653 g/mol. The van der Waals surface area contributed by atoms with Crippen molar-refractivity contribution < 1.29 is 22.2 Å². The van der Waals surface area contributed by atoms with Crippen LogP contribution in [0, 0.1) is 0 Å². The van der Waals surface area contributed by atoms with Crippen molar-refractivity contribution in [3.8, 4) is 33.4 Å². The second kappa shape index (κ2) is 12.3. The van der Waals surface area contributed by atoms with Gasteiger partial charge in [0.15, 0.2) is 0 Å². The molecule has 10 aromatic carbocycles. The first-order chi connectivity index (χ1) is 32.2. The van der Waals surface area contributed by atoms with Crippen LogP contribution in [0.2, 0.25) is 0 Å². The van der Waals surface area contributed by atoms with Gasteiger partial charge in [0.05, 0.1) is 17.8 Å². The highest BCUT2D eigenvalue weighted by Crippen LogP contribution is 2.45. The van der Waals surface area contributed by atoms with Crippen LogP contribution in [0.1, 0.15) is 28.9 Å². The summed E-state index contributed by atoms with van der Waals surface area (Å²) in [5.41, 5.74) is 5.55. The zero-order valence-electron chi connectivity index (χ0n) is 41.6. The Bertz CT molecular complexity index is 3890. The second-order valence-corrected chi connectivity index (χ2v) is 13.4. The number of hydrogen-bond donors (Lipinski definition) is 0. The van der Waals surface area contributed by atoms with Gasteiger partial charge in [-0.1, -0.05) is 170 Å². The molecule has 11 aromatic rings. The van der Waals surface area contributed by atoms with E-state index in [2.05, 4.69) is 42.5 Å². The molecule has 54 heavy (non-hydrogen) atoms. The number of benzene rings is 10. The van der Waals surface area contributed by atoms with Gasteiger partial charge in [-0.2, -0.15) is 0 Å². The summed E-state index contributed by atoms with van der Waals surface area (Å²) in [6, 6.07) is 30.8. The van der Waals surface area contributed by atoms with Crippen LogP contribution in [0.5, 0.6) is 0 Å².